The first-order valence-electron chi connectivity index (χ1n) is 13.3. The monoisotopic (exact) mass is 579 g/mol. The van der Waals surface area contributed by atoms with Crippen molar-refractivity contribution in [1.82, 2.24) is 41.5 Å². The van der Waals surface area contributed by atoms with E-state index in [0.717, 1.165) is 58.8 Å². The molecule has 1 unspecified atom stereocenters. The van der Waals surface area contributed by atoms with E-state index in [1.54, 1.807) is 14.1 Å². The molecule has 40 heavy (non-hydrogen) atoms. The van der Waals surface area contributed by atoms with E-state index in [2.05, 4.69) is 61.0 Å². The summed E-state index contributed by atoms with van der Waals surface area (Å²) in [5.41, 5.74) is 1.97. The lowest BCUT2D eigenvalue weighted by atomic mass is 9.70. The van der Waals surface area contributed by atoms with Crippen molar-refractivity contribution < 1.29 is 9.59 Å². The Hall–Kier alpha value is -3.60. The average molecular weight is 580 g/mol. The minimum Gasteiger partial charge on any atom is -0.358 e. The van der Waals surface area contributed by atoms with Crippen LogP contribution >= 0.6 is 22.7 Å². The van der Waals surface area contributed by atoms with Gasteiger partial charge in [-0.05, 0) is 62.3 Å². The molecule has 0 saturated carbocycles. The highest BCUT2D eigenvalue weighted by atomic mass is 32.1. The third kappa shape index (κ3) is 4.91. The van der Waals surface area contributed by atoms with Crippen molar-refractivity contribution in [3.05, 3.63) is 60.9 Å². The van der Waals surface area contributed by atoms with Gasteiger partial charge in [0, 0.05) is 48.7 Å². The fourth-order valence-corrected chi connectivity index (χ4v) is 8.26. The summed E-state index contributed by atoms with van der Waals surface area (Å²) in [6.07, 6.45) is 3.86. The second kappa shape index (κ2) is 11.5. The van der Waals surface area contributed by atoms with E-state index in [4.69, 9.17) is 0 Å². The third-order valence-corrected chi connectivity index (χ3v) is 10.2. The van der Waals surface area contributed by atoms with Crippen LogP contribution in [0.4, 0.5) is 0 Å². The molecule has 1 fully saturated rings. The molecule has 0 spiro atoms. The van der Waals surface area contributed by atoms with Gasteiger partial charge in [-0.3, -0.25) is 9.59 Å². The number of nitrogens with one attached hydrogen (secondary N) is 4. The third-order valence-electron chi connectivity index (χ3n) is 7.82. The Labute approximate surface area is 241 Å². The number of rotatable bonds is 9. The largest absolute Gasteiger partial charge is 0.358 e. The summed E-state index contributed by atoms with van der Waals surface area (Å²) in [6.45, 7) is 7.72. The summed E-state index contributed by atoms with van der Waals surface area (Å²) in [5, 5.41) is 34.2. The standard InChI is InChI=1S/C27H33N9O2S2/c1-15(31-14-16(2)36-9-5-6-17(36)13-28)12-27(26-32-34-35-33-26)18-10-22(24(37)29-3)39-20(18)7-8-21-19(27)11-23(40-21)25(38)30-4/h10-11,15,17,31H,2,5-9,12,14H2,1,3-4H3,(H,29,37)(H,30,38)(H,32,33,34,35)/t15-,17?/m0/s1. The highest BCUT2D eigenvalue weighted by molar-refractivity contribution is 7.15. The van der Waals surface area contributed by atoms with Crippen molar-refractivity contribution in [2.45, 2.75) is 56.5 Å². The molecule has 0 radical (unpaired) electrons. The van der Waals surface area contributed by atoms with E-state index in [1.807, 2.05) is 12.1 Å². The van der Waals surface area contributed by atoms with Crippen LogP contribution in [-0.2, 0) is 18.3 Å². The van der Waals surface area contributed by atoms with Gasteiger partial charge in [0.1, 0.15) is 6.04 Å². The van der Waals surface area contributed by atoms with Gasteiger partial charge >= 0.3 is 0 Å². The number of hydrogen-bond donors (Lipinski definition) is 4. The lowest BCUT2D eigenvalue weighted by molar-refractivity contribution is 0.0959. The molecule has 1 saturated heterocycles. The molecule has 2 amide bonds. The van der Waals surface area contributed by atoms with Gasteiger partial charge in [-0.1, -0.05) is 11.8 Å². The van der Waals surface area contributed by atoms with Crippen LogP contribution in [0.2, 0.25) is 0 Å². The number of nitriles is 1. The predicted octanol–water partition coefficient (Wildman–Crippen LogP) is 2.34. The number of thiophene rings is 2. The number of hydrogen-bond acceptors (Lipinski definition) is 10. The van der Waals surface area contributed by atoms with Crippen LogP contribution in [0, 0.1) is 11.3 Å². The molecule has 3 aromatic heterocycles. The number of amides is 2. The highest BCUT2D eigenvalue weighted by Crippen LogP contribution is 2.50. The molecule has 1 aliphatic heterocycles. The van der Waals surface area contributed by atoms with Crippen LogP contribution in [-0.4, -0.2) is 76.6 Å². The zero-order chi connectivity index (χ0) is 28.4. The van der Waals surface area contributed by atoms with Gasteiger partial charge in [-0.2, -0.15) is 10.5 Å². The van der Waals surface area contributed by atoms with Crippen LogP contribution in [0.5, 0.6) is 0 Å². The number of carbonyl (C=O) groups excluding carboxylic acids is 2. The number of tetrazole rings is 1. The van der Waals surface area contributed by atoms with Gasteiger partial charge in [-0.25, -0.2) is 0 Å². The first-order valence-corrected chi connectivity index (χ1v) is 15.0. The van der Waals surface area contributed by atoms with Crippen molar-refractivity contribution in [2.75, 3.05) is 27.2 Å². The Balaban J connectivity index is 1.57. The molecule has 3 aromatic rings. The molecule has 0 bridgehead atoms. The number of aromatic amines is 1. The van der Waals surface area contributed by atoms with E-state index in [9.17, 15) is 14.9 Å². The topological polar surface area (TPSA) is 152 Å². The van der Waals surface area contributed by atoms with Crippen LogP contribution in [0.3, 0.4) is 0 Å². The molecule has 2 aliphatic rings. The van der Waals surface area contributed by atoms with Crippen molar-refractivity contribution in [1.29, 1.82) is 5.26 Å². The Morgan fingerprint density at radius 1 is 1.20 bits per heavy atom. The average Bonchev–Trinajstić information content (AvgIpc) is 3.78. The number of aryl methyl sites for hydroxylation is 2. The summed E-state index contributed by atoms with van der Waals surface area (Å²) in [6, 6.07) is 6.10. The second-order valence-corrected chi connectivity index (χ2v) is 12.5. The fourth-order valence-electron chi connectivity index (χ4n) is 5.89. The van der Waals surface area contributed by atoms with Gasteiger partial charge in [0.15, 0.2) is 5.82 Å². The molecular formula is C27H33N9O2S2. The Kier molecular flexibility index (Phi) is 8.02. The minimum atomic E-state index is -0.851. The molecule has 5 rings (SSSR count). The molecule has 13 heteroatoms. The molecule has 0 aromatic carbocycles. The minimum absolute atomic E-state index is 0.0520. The van der Waals surface area contributed by atoms with Crippen molar-refractivity contribution in [2.24, 2.45) is 0 Å². The van der Waals surface area contributed by atoms with Crippen LogP contribution < -0.4 is 16.0 Å². The van der Waals surface area contributed by atoms with Gasteiger partial charge in [0.25, 0.3) is 11.8 Å². The molecule has 2 atom stereocenters. The molecule has 11 nitrogen and oxygen atoms in total. The van der Waals surface area contributed by atoms with E-state index >= 15 is 0 Å². The number of H-pyrrole nitrogens is 1. The van der Waals surface area contributed by atoms with E-state index < -0.39 is 5.41 Å². The maximum Gasteiger partial charge on any atom is 0.261 e. The molecule has 4 heterocycles. The first-order chi connectivity index (χ1) is 19.3. The van der Waals surface area contributed by atoms with Crippen LogP contribution in [0.25, 0.3) is 0 Å². The van der Waals surface area contributed by atoms with E-state index in [0.29, 0.717) is 28.5 Å². The zero-order valence-electron chi connectivity index (χ0n) is 22.8. The van der Waals surface area contributed by atoms with Crippen LogP contribution in [0.1, 0.15) is 72.2 Å². The Bertz CT molecular complexity index is 1390. The lowest BCUT2D eigenvalue weighted by Crippen LogP contribution is -2.41. The molecule has 1 aliphatic carbocycles. The van der Waals surface area contributed by atoms with Gasteiger partial charge in [0.05, 0.1) is 21.2 Å². The molecular weight excluding hydrogens is 546 g/mol. The maximum atomic E-state index is 12.7. The maximum absolute atomic E-state index is 12.7. The highest BCUT2D eigenvalue weighted by Gasteiger charge is 2.48. The SMILES string of the molecule is C=C(CN[C@@H](C)CC1(c2nn[nH]n2)c2cc(C(=O)NC)sc2CCc2sc(C(=O)NC)cc21)N1CCCC1C#N. The summed E-state index contributed by atoms with van der Waals surface area (Å²) in [5.74, 6) is 0.213. The number of fused-ring (bicyclic) bond motifs is 2. The number of likely N-dealkylation sites (tertiary alicyclic amines) is 1. The fraction of sp³-hybridized carbons (Fsp3) is 0.481. The number of nitrogens with zero attached hydrogens (tertiary/aromatic N) is 5. The lowest BCUT2D eigenvalue weighted by Gasteiger charge is -2.34. The quantitative estimate of drug-likeness (QED) is 0.302. The zero-order valence-corrected chi connectivity index (χ0v) is 24.5. The van der Waals surface area contributed by atoms with E-state index in [1.165, 1.54) is 22.7 Å². The first kappa shape index (κ1) is 27.9. The smallest absolute Gasteiger partial charge is 0.261 e. The summed E-state index contributed by atoms with van der Waals surface area (Å²) in [4.78, 5) is 31.0. The van der Waals surface area contributed by atoms with Gasteiger partial charge in [0.2, 0.25) is 0 Å². The molecule has 4 N–H and O–H groups in total. The van der Waals surface area contributed by atoms with Crippen LogP contribution in [0.15, 0.2) is 24.4 Å². The second-order valence-electron chi connectivity index (χ2n) is 10.2. The Morgan fingerprint density at radius 2 is 1.82 bits per heavy atom. The van der Waals surface area contributed by atoms with Crippen molar-refractivity contribution >= 4 is 34.5 Å². The number of carbonyl (C=O) groups is 2. The van der Waals surface area contributed by atoms with Gasteiger partial charge < -0.3 is 20.9 Å². The molecule has 210 valence electrons. The summed E-state index contributed by atoms with van der Waals surface area (Å²) >= 11 is 2.98. The Morgan fingerprint density at radius 3 is 2.35 bits per heavy atom. The predicted molar refractivity (Wildman–Crippen MR) is 153 cm³/mol. The van der Waals surface area contributed by atoms with Crippen molar-refractivity contribution in [3.8, 4) is 6.07 Å². The summed E-state index contributed by atoms with van der Waals surface area (Å²) < 4.78 is 0. The van der Waals surface area contributed by atoms with E-state index in [-0.39, 0.29) is 23.9 Å². The van der Waals surface area contributed by atoms with Gasteiger partial charge in [-0.15, -0.1) is 32.9 Å². The van der Waals surface area contributed by atoms with Crippen molar-refractivity contribution in [3.63, 3.8) is 0 Å². The number of aromatic nitrogens is 4. The normalized spacial score (nSPS) is 18.2. The summed E-state index contributed by atoms with van der Waals surface area (Å²) in [7, 11) is 3.25.